The zero-order chi connectivity index (χ0) is 20.9. The smallest absolute Gasteiger partial charge is 0.270 e. The summed E-state index contributed by atoms with van der Waals surface area (Å²) in [5.74, 6) is 1.72. The molecular formula is C22H23BrN4O2S. The largest absolute Gasteiger partial charge is 0.490 e. The fraction of sp³-hybridized carbons (Fsp3) is 0.409. The van der Waals surface area contributed by atoms with E-state index in [1.54, 1.807) is 17.8 Å². The molecule has 1 aromatic heterocycles. The number of benzene rings is 1. The van der Waals surface area contributed by atoms with Gasteiger partial charge in [-0.05, 0) is 56.5 Å². The number of nitrogens with zero attached hydrogens (tertiary/aromatic N) is 2. The number of amides is 1. The molecule has 8 heteroatoms. The molecule has 0 saturated heterocycles. The van der Waals surface area contributed by atoms with Crippen molar-refractivity contribution < 1.29 is 9.53 Å². The molecule has 4 unspecified atom stereocenters. The average Bonchev–Trinajstić information content (AvgIpc) is 3.12. The highest BCUT2D eigenvalue weighted by molar-refractivity contribution is 9.10. The second kappa shape index (κ2) is 7.57. The highest BCUT2D eigenvalue weighted by atomic mass is 79.9. The Hall–Kier alpha value is -2.06. The summed E-state index contributed by atoms with van der Waals surface area (Å²) in [5, 5.41) is 3.82. The van der Waals surface area contributed by atoms with E-state index in [4.69, 9.17) is 15.5 Å². The van der Waals surface area contributed by atoms with E-state index in [1.807, 2.05) is 31.2 Å². The molecule has 6 nitrogen and oxygen atoms in total. The van der Waals surface area contributed by atoms with Crippen LogP contribution in [0.5, 0.6) is 5.75 Å². The van der Waals surface area contributed by atoms with Crippen LogP contribution in [0.25, 0.3) is 0 Å². The van der Waals surface area contributed by atoms with Gasteiger partial charge in [-0.1, -0.05) is 33.8 Å². The Bertz CT molecular complexity index is 1050. The standard InChI is InChI=1S/C22H23BrN4O2S/c1-12-3-2-4-17(25-12)20(28)26-14-6-8-19-16(10-14)22(11-30-21(24)27-22)15-9-13(23)5-7-18(15)29-19/h2-5,7,9,14,16,19H,6,8,10-11H2,1H3,(H2,24,27)(H,26,28). The van der Waals surface area contributed by atoms with Crippen molar-refractivity contribution in [3.05, 3.63) is 57.8 Å². The quantitative estimate of drug-likeness (QED) is 0.674. The van der Waals surface area contributed by atoms with Crippen LogP contribution < -0.4 is 15.8 Å². The minimum atomic E-state index is -0.415. The molecule has 0 bridgehead atoms. The number of carbonyl (C=O) groups excluding carboxylic acids is 1. The minimum absolute atomic E-state index is 0.0530. The van der Waals surface area contributed by atoms with Crippen LogP contribution in [-0.4, -0.2) is 34.0 Å². The Morgan fingerprint density at radius 1 is 1.33 bits per heavy atom. The number of amidine groups is 1. The lowest BCUT2D eigenvalue weighted by Crippen LogP contribution is -2.54. The van der Waals surface area contributed by atoms with Crippen molar-refractivity contribution in [2.75, 3.05) is 5.75 Å². The highest BCUT2D eigenvalue weighted by Gasteiger charge is 2.54. The third kappa shape index (κ3) is 3.39. The zero-order valence-corrected chi connectivity index (χ0v) is 19.0. The third-order valence-electron chi connectivity index (χ3n) is 6.29. The van der Waals surface area contributed by atoms with Crippen LogP contribution in [0.4, 0.5) is 0 Å². The number of nitrogens with one attached hydrogen (secondary N) is 1. The van der Waals surface area contributed by atoms with Gasteiger partial charge in [-0.25, -0.2) is 9.98 Å². The van der Waals surface area contributed by atoms with Crippen molar-refractivity contribution in [2.24, 2.45) is 16.6 Å². The summed E-state index contributed by atoms with van der Waals surface area (Å²) >= 11 is 5.20. The topological polar surface area (TPSA) is 89.6 Å². The number of hydrogen-bond donors (Lipinski definition) is 2. The zero-order valence-electron chi connectivity index (χ0n) is 16.6. The second-order valence-corrected chi connectivity index (χ2v) is 10.1. The molecule has 1 amide bonds. The van der Waals surface area contributed by atoms with Crippen molar-refractivity contribution in [2.45, 2.75) is 43.9 Å². The van der Waals surface area contributed by atoms with Crippen molar-refractivity contribution >= 4 is 38.8 Å². The molecule has 2 aromatic rings. The summed E-state index contributed by atoms with van der Waals surface area (Å²) in [6.07, 6.45) is 2.60. The van der Waals surface area contributed by atoms with Gasteiger partial charge in [-0.2, -0.15) is 0 Å². The predicted octanol–water partition coefficient (Wildman–Crippen LogP) is 3.77. The number of thioether (sulfide) groups is 1. The van der Waals surface area contributed by atoms with E-state index >= 15 is 0 Å². The maximum absolute atomic E-state index is 12.8. The number of halogens is 1. The van der Waals surface area contributed by atoms with E-state index in [0.717, 1.165) is 46.5 Å². The fourth-order valence-electron chi connectivity index (χ4n) is 4.93. The lowest BCUT2D eigenvalue weighted by Gasteiger charge is -2.48. The SMILES string of the molecule is Cc1cccc(C(=O)NC2CCC3Oc4ccc(Br)cc4C4(CSC(N)=N4)C3C2)n1. The number of rotatable bonds is 2. The molecule has 1 aromatic carbocycles. The normalized spacial score (nSPS) is 29.5. The number of fused-ring (bicyclic) bond motifs is 4. The van der Waals surface area contributed by atoms with Crippen LogP contribution in [0.1, 0.15) is 41.0 Å². The van der Waals surface area contributed by atoms with Crippen molar-refractivity contribution in [3.63, 3.8) is 0 Å². The second-order valence-electron chi connectivity index (χ2n) is 8.21. The number of hydrogen-bond acceptors (Lipinski definition) is 6. The first-order valence-electron chi connectivity index (χ1n) is 10.1. The van der Waals surface area contributed by atoms with Crippen molar-refractivity contribution in [1.82, 2.24) is 10.3 Å². The monoisotopic (exact) mass is 486 g/mol. The van der Waals surface area contributed by atoms with E-state index in [9.17, 15) is 4.79 Å². The molecule has 0 radical (unpaired) electrons. The minimum Gasteiger partial charge on any atom is -0.490 e. The van der Waals surface area contributed by atoms with Gasteiger partial charge in [0.1, 0.15) is 23.1 Å². The summed E-state index contributed by atoms with van der Waals surface area (Å²) in [5.41, 5.74) is 8.10. The number of carbonyl (C=O) groups is 1. The Balaban J connectivity index is 1.44. The van der Waals surface area contributed by atoms with Gasteiger partial charge in [0, 0.05) is 33.4 Å². The van der Waals surface area contributed by atoms with E-state index in [1.165, 1.54) is 0 Å². The van der Waals surface area contributed by atoms with E-state index in [-0.39, 0.29) is 24.0 Å². The van der Waals surface area contributed by atoms with Gasteiger partial charge in [-0.15, -0.1) is 0 Å². The van der Waals surface area contributed by atoms with Crippen LogP contribution in [-0.2, 0) is 5.54 Å². The molecule has 3 N–H and O–H groups in total. The maximum Gasteiger partial charge on any atom is 0.270 e. The molecule has 156 valence electrons. The maximum atomic E-state index is 12.8. The molecule has 3 heterocycles. The van der Waals surface area contributed by atoms with Crippen molar-refractivity contribution in [1.29, 1.82) is 0 Å². The Morgan fingerprint density at radius 3 is 2.97 bits per heavy atom. The first-order chi connectivity index (χ1) is 14.4. The van der Waals surface area contributed by atoms with Gasteiger partial charge in [0.25, 0.3) is 5.91 Å². The van der Waals surface area contributed by atoms with Gasteiger partial charge in [-0.3, -0.25) is 4.79 Å². The Labute approximate surface area is 188 Å². The summed E-state index contributed by atoms with van der Waals surface area (Å²) in [4.78, 5) is 22.1. The van der Waals surface area contributed by atoms with Crippen LogP contribution in [0.3, 0.4) is 0 Å². The van der Waals surface area contributed by atoms with Gasteiger partial charge in [0.05, 0.1) is 0 Å². The summed E-state index contributed by atoms with van der Waals surface area (Å²) in [6, 6.07) is 11.7. The number of aromatic nitrogens is 1. The predicted molar refractivity (Wildman–Crippen MR) is 122 cm³/mol. The fourth-order valence-corrected chi connectivity index (χ4v) is 6.32. The molecule has 30 heavy (non-hydrogen) atoms. The number of aryl methyl sites for hydroxylation is 1. The molecule has 2 aliphatic heterocycles. The molecule has 1 aliphatic carbocycles. The number of nitrogens with two attached hydrogens (primary N) is 1. The van der Waals surface area contributed by atoms with Gasteiger partial charge >= 0.3 is 0 Å². The molecule has 5 rings (SSSR count). The first-order valence-corrected chi connectivity index (χ1v) is 11.9. The molecule has 3 aliphatic rings. The van der Waals surface area contributed by atoms with E-state index < -0.39 is 5.54 Å². The van der Waals surface area contributed by atoms with Crippen molar-refractivity contribution in [3.8, 4) is 5.75 Å². The van der Waals surface area contributed by atoms with Crippen LogP contribution in [0, 0.1) is 12.8 Å². The highest BCUT2D eigenvalue weighted by Crippen LogP contribution is 2.54. The Kier molecular flexibility index (Phi) is 5.01. The lowest BCUT2D eigenvalue weighted by molar-refractivity contribution is 0.0155. The van der Waals surface area contributed by atoms with Gasteiger partial charge in [0.2, 0.25) is 0 Å². The number of ether oxygens (including phenoxy) is 1. The average molecular weight is 487 g/mol. The molecule has 4 atom stereocenters. The summed E-state index contributed by atoms with van der Waals surface area (Å²) < 4.78 is 7.40. The van der Waals surface area contributed by atoms with E-state index in [0.29, 0.717) is 10.9 Å². The van der Waals surface area contributed by atoms with Crippen LogP contribution in [0.15, 0.2) is 45.9 Å². The third-order valence-corrected chi connectivity index (χ3v) is 7.76. The lowest BCUT2D eigenvalue weighted by atomic mass is 9.67. The van der Waals surface area contributed by atoms with Crippen LogP contribution in [0.2, 0.25) is 0 Å². The molecule has 1 spiro atoms. The van der Waals surface area contributed by atoms with Gasteiger partial charge < -0.3 is 15.8 Å². The van der Waals surface area contributed by atoms with Gasteiger partial charge in [0.15, 0.2) is 5.17 Å². The Morgan fingerprint density at radius 2 is 2.20 bits per heavy atom. The first kappa shape index (κ1) is 19.9. The summed E-state index contributed by atoms with van der Waals surface area (Å²) in [6.45, 7) is 1.89. The van der Waals surface area contributed by atoms with Crippen LogP contribution >= 0.6 is 27.7 Å². The van der Waals surface area contributed by atoms with E-state index in [2.05, 4.69) is 32.3 Å². The number of aliphatic imine (C=N–C) groups is 1. The summed E-state index contributed by atoms with van der Waals surface area (Å²) in [7, 11) is 0. The molecule has 1 saturated carbocycles. The number of pyridine rings is 1. The molecule has 1 fully saturated rings. The molecular weight excluding hydrogens is 464 g/mol.